The second-order valence-corrected chi connectivity index (χ2v) is 5.81. The first kappa shape index (κ1) is 11.2. The fraction of sp³-hybridized carbons (Fsp3) is 0.846. The van der Waals surface area contributed by atoms with Crippen molar-refractivity contribution in [1.82, 2.24) is 19.7 Å². The van der Waals surface area contributed by atoms with Crippen molar-refractivity contribution < 1.29 is 0 Å². The molecule has 0 radical (unpaired) electrons. The van der Waals surface area contributed by atoms with Gasteiger partial charge < -0.3 is 9.47 Å². The van der Waals surface area contributed by atoms with Gasteiger partial charge in [0.05, 0.1) is 0 Å². The lowest BCUT2D eigenvalue weighted by Crippen LogP contribution is -2.31. The number of nitrogens with zero attached hydrogens (tertiary/aromatic N) is 4. The van der Waals surface area contributed by atoms with E-state index in [0.29, 0.717) is 5.92 Å². The fourth-order valence-corrected chi connectivity index (χ4v) is 3.08. The average Bonchev–Trinajstić information content (AvgIpc) is 2.73. The molecular formula is C13H22N4. The fourth-order valence-electron chi connectivity index (χ4n) is 3.08. The summed E-state index contributed by atoms with van der Waals surface area (Å²) in [4.78, 5) is 2.41. The molecule has 2 aliphatic rings. The predicted molar refractivity (Wildman–Crippen MR) is 67.0 cm³/mol. The highest BCUT2D eigenvalue weighted by molar-refractivity contribution is 5.06. The molecule has 0 aromatic carbocycles. The van der Waals surface area contributed by atoms with Gasteiger partial charge in [0.25, 0.3) is 0 Å². The summed E-state index contributed by atoms with van der Waals surface area (Å²) in [6, 6.07) is 0. The zero-order valence-corrected chi connectivity index (χ0v) is 10.9. The number of hydrogen-bond donors (Lipinski definition) is 0. The topological polar surface area (TPSA) is 34.0 Å². The number of likely N-dealkylation sites (tertiary alicyclic amines) is 1. The van der Waals surface area contributed by atoms with Crippen molar-refractivity contribution in [3.8, 4) is 0 Å². The van der Waals surface area contributed by atoms with E-state index >= 15 is 0 Å². The Kier molecular flexibility index (Phi) is 2.90. The molecule has 0 aliphatic carbocycles. The second kappa shape index (κ2) is 4.41. The molecule has 1 fully saturated rings. The van der Waals surface area contributed by atoms with E-state index in [4.69, 9.17) is 0 Å². The number of aromatic nitrogens is 3. The highest BCUT2D eigenvalue weighted by atomic mass is 15.3. The third-order valence-corrected chi connectivity index (χ3v) is 4.29. The Morgan fingerprint density at radius 3 is 2.65 bits per heavy atom. The van der Waals surface area contributed by atoms with E-state index < -0.39 is 0 Å². The summed E-state index contributed by atoms with van der Waals surface area (Å²) in [6.07, 6.45) is 4.86. The zero-order valence-electron chi connectivity index (χ0n) is 10.9. The van der Waals surface area contributed by atoms with Crippen LogP contribution in [0.5, 0.6) is 0 Å². The van der Waals surface area contributed by atoms with Crippen LogP contribution in [-0.4, -0.2) is 39.8 Å². The van der Waals surface area contributed by atoms with Crippen molar-refractivity contribution in [2.24, 2.45) is 5.92 Å². The summed E-state index contributed by atoms with van der Waals surface area (Å²) < 4.78 is 2.41. The smallest absolute Gasteiger partial charge is 0.136 e. The van der Waals surface area contributed by atoms with Gasteiger partial charge in [-0.25, -0.2) is 0 Å². The molecule has 17 heavy (non-hydrogen) atoms. The van der Waals surface area contributed by atoms with Gasteiger partial charge in [0, 0.05) is 18.9 Å². The van der Waals surface area contributed by atoms with Crippen LogP contribution in [-0.2, 0) is 13.0 Å². The molecule has 3 heterocycles. The van der Waals surface area contributed by atoms with Crippen LogP contribution in [0.3, 0.4) is 0 Å². The van der Waals surface area contributed by atoms with E-state index in [1.54, 1.807) is 0 Å². The molecule has 94 valence electrons. The van der Waals surface area contributed by atoms with Crippen molar-refractivity contribution in [2.75, 3.05) is 20.1 Å². The van der Waals surface area contributed by atoms with Crippen LogP contribution in [0.4, 0.5) is 0 Å². The molecule has 1 aromatic rings. The van der Waals surface area contributed by atoms with E-state index in [2.05, 4.69) is 33.6 Å². The van der Waals surface area contributed by atoms with Crippen LogP contribution in [0.25, 0.3) is 0 Å². The molecule has 4 heteroatoms. The van der Waals surface area contributed by atoms with Crippen LogP contribution in [0, 0.1) is 5.92 Å². The van der Waals surface area contributed by atoms with Crippen LogP contribution in [0.2, 0.25) is 0 Å². The highest BCUT2D eigenvalue weighted by Gasteiger charge is 2.27. The molecule has 0 amide bonds. The summed E-state index contributed by atoms with van der Waals surface area (Å²) in [5, 5.41) is 8.86. The van der Waals surface area contributed by atoms with Crippen LogP contribution < -0.4 is 0 Å². The summed E-state index contributed by atoms with van der Waals surface area (Å²) in [5.41, 5.74) is 0. The van der Waals surface area contributed by atoms with Gasteiger partial charge in [0.15, 0.2) is 0 Å². The summed E-state index contributed by atoms with van der Waals surface area (Å²) in [6.45, 7) is 5.86. The van der Waals surface area contributed by atoms with Crippen molar-refractivity contribution in [1.29, 1.82) is 0 Å². The molecule has 0 bridgehead atoms. The lowest BCUT2D eigenvalue weighted by molar-refractivity contribution is 0.245. The first-order valence-electron chi connectivity index (χ1n) is 6.84. The predicted octanol–water partition coefficient (Wildman–Crippen LogP) is 1.67. The maximum Gasteiger partial charge on any atom is 0.136 e. The van der Waals surface area contributed by atoms with E-state index in [1.807, 2.05) is 0 Å². The second-order valence-electron chi connectivity index (χ2n) is 5.81. The van der Waals surface area contributed by atoms with Crippen LogP contribution in [0.1, 0.15) is 43.8 Å². The third kappa shape index (κ3) is 2.10. The standard InChI is InChI=1S/C13H22N4/c1-10-3-4-12-14-15-13(17(12)9-10)11-5-7-16(2)8-6-11/h10-11H,3-9H2,1-2H3. The molecule has 0 N–H and O–H groups in total. The molecule has 1 unspecified atom stereocenters. The van der Waals surface area contributed by atoms with Crippen molar-refractivity contribution in [3.63, 3.8) is 0 Å². The Balaban J connectivity index is 1.81. The number of fused-ring (bicyclic) bond motifs is 1. The van der Waals surface area contributed by atoms with Gasteiger partial charge >= 0.3 is 0 Å². The molecule has 3 rings (SSSR count). The van der Waals surface area contributed by atoms with Gasteiger partial charge in [-0.2, -0.15) is 0 Å². The Morgan fingerprint density at radius 1 is 1.12 bits per heavy atom. The Hall–Kier alpha value is -0.900. The number of hydrogen-bond acceptors (Lipinski definition) is 3. The lowest BCUT2D eigenvalue weighted by atomic mass is 9.95. The van der Waals surface area contributed by atoms with E-state index in [9.17, 15) is 0 Å². The Morgan fingerprint density at radius 2 is 1.88 bits per heavy atom. The maximum atomic E-state index is 4.48. The average molecular weight is 234 g/mol. The molecule has 1 atom stereocenters. The number of aryl methyl sites for hydroxylation is 1. The molecule has 1 saturated heterocycles. The SMILES string of the molecule is CC1CCc2nnc(C3CCN(C)CC3)n2C1. The molecule has 0 spiro atoms. The first-order chi connectivity index (χ1) is 8.24. The molecular weight excluding hydrogens is 212 g/mol. The first-order valence-corrected chi connectivity index (χ1v) is 6.84. The zero-order chi connectivity index (χ0) is 11.8. The minimum Gasteiger partial charge on any atom is -0.314 e. The maximum absolute atomic E-state index is 4.48. The molecule has 0 saturated carbocycles. The van der Waals surface area contributed by atoms with Crippen LogP contribution in [0.15, 0.2) is 0 Å². The number of piperidine rings is 1. The highest BCUT2D eigenvalue weighted by Crippen LogP contribution is 2.29. The normalized spacial score (nSPS) is 27.1. The summed E-state index contributed by atoms with van der Waals surface area (Å²) in [5.74, 6) is 3.90. The molecule has 4 nitrogen and oxygen atoms in total. The van der Waals surface area contributed by atoms with Crippen molar-refractivity contribution >= 4 is 0 Å². The minimum absolute atomic E-state index is 0.637. The van der Waals surface area contributed by atoms with E-state index in [0.717, 1.165) is 18.9 Å². The summed E-state index contributed by atoms with van der Waals surface area (Å²) >= 11 is 0. The van der Waals surface area contributed by atoms with Gasteiger partial charge in [-0.1, -0.05) is 6.92 Å². The summed E-state index contributed by atoms with van der Waals surface area (Å²) in [7, 11) is 2.21. The third-order valence-electron chi connectivity index (χ3n) is 4.29. The van der Waals surface area contributed by atoms with Gasteiger partial charge in [-0.3, -0.25) is 0 Å². The monoisotopic (exact) mass is 234 g/mol. The van der Waals surface area contributed by atoms with Crippen molar-refractivity contribution in [3.05, 3.63) is 11.6 Å². The minimum atomic E-state index is 0.637. The molecule has 2 aliphatic heterocycles. The largest absolute Gasteiger partial charge is 0.314 e. The van der Waals surface area contributed by atoms with Gasteiger partial charge in [-0.15, -0.1) is 10.2 Å². The van der Waals surface area contributed by atoms with E-state index in [-0.39, 0.29) is 0 Å². The van der Waals surface area contributed by atoms with Gasteiger partial charge in [-0.05, 0) is 45.3 Å². The van der Waals surface area contributed by atoms with Gasteiger partial charge in [0.2, 0.25) is 0 Å². The van der Waals surface area contributed by atoms with Crippen molar-refractivity contribution in [2.45, 2.75) is 45.1 Å². The Bertz CT molecular complexity index is 390. The van der Waals surface area contributed by atoms with Crippen LogP contribution >= 0.6 is 0 Å². The molecule has 1 aromatic heterocycles. The van der Waals surface area contributed by atoms with Gasteiger partial charge in [0.1, 0.15) is 11.6 Å². The number of rotatable bonds is 1. The Labute approximate surface area is 103 Å². The quantitative estimate of drug-likeness (QED) is 0.741. The lowest BCUT2D eigenvalue weighted by Gasteiger charge is -2.30. The van der Waals surface area contributed by atoms with E-state index in [1.165, 1.54) is 44.0 Å².